The molecular formula is C25H40N8O7S. The summed E-state index contributed by atoms with van der Waals surface area (Å²) in [6.07, 6.45) is 2.00. The normalized spacial score (nSPS) is 13.6. The Hall–Kier alpha value is -4.05. The van der Waals surface area contributed by atoms with Crippen molar-refractivity contribution in [3.63, 3.8) is 0 Å². The van der Waals surface area contributed by atoms with Gasteiger partial charge in [0.1, 0.15) is 23.9 Å². The SMILES string of the molecule is CSCCC(NC(=O)C(CCC(N)=O)NC(=O)C(N)Cc1ccc(O)cc1)C(=O)NC(CCCN=C(N)N)C(=O)O. The molecule has 0 aliphatic heterocycles. The smallest absolute Gasteiger partial charge is 0.326 e. The third-order valence-electron chi connectivity index (χ3n) is 5.84. The number of primary amides is 1. The van der Waals surface area contributed by atoms with Gasteiger partial charge in [-0.1, -0.05) is 12.1 Å². The van der Waals surface area contributed by atoms with E-state index < -0.39 is 53.8 Å². The van der Waals surface area contributed by atoms with E-state index in [1.54, 1.807) is 18.4 Å². The lowest BCUT2D eigenvalue weighted by Crippen LogP contribution is -2.57. The average molecular weight is 597 g/mol. The summed E-state index contributed by atoms with van der Waals surface area (Å²) in [5.74, 6) is -3.78. The van der Waals surface area contributed by atoms with Crippen molar-refractivity contribution in [3.8, 4) is 5.75 Å². The Morgan fingerprint density at radius 1 is 0.878 bits per heavy atom. The van der Waals surface area contributed by atoms with E-state index in [4.69, 9.17) is 22.9 Å². The van der Waals surface area contributed by atoms with Crippen LogP contribution in [0.25, 0.3) is 0 Å². The highest BCUT2D eigenvalue weighted by Gasteiger charge is 2.30. The van der Waals surface area contributed by atoms with Crippen LogP contribution in [0.15, 0.2) is 29.3 Å². The zero-order chi connectivity index (χ0) is 30.9. The number of guanidine groups is 1. The van der Waals surface area contributed by atoms with Gasteiger partial charge < -0.3 is 49.1 Å². The number of nitrogens with zero attached hydrogens (tertiary/aromatic N) is 1. The molecule has 4 amide bonds. The Labute approximate surface area is 242 Å². The number of aliphatic carboxylic acids is 1. The number of aliphatic imine (C=N–C) groups is 1. The van der Waals surface area contributed by atoms with Crippen LogP contribution in [0, 0.1) is 0 Å². The number of nitrogens with one attached hydrogen (secondary N) is 3. The molecule has 41 heavy (non-hydrogen) atoms. The predicted octanol–water partition coefficient (Wildman–Crippen LogP) is -2.13. The van der Waals surface area contributed by atoms with Gasteiger partial charge in [-0.2, -0.15) is 11.8 Å². The van der Waals surface area contributed by atoms with Crippen molar-refractivity contribution < 1.29 is 34.2 Å². The lowest BCUT2D eigenvalue weighted by molar-refractivity contribution is -0.142. The minimum atomic E-state index is -1.27. The van der Waals surface area contributed by atoms with Crippen LogP contribution < -0.4 is 38.9 Å². The number of hydrogen-bond acceptors (Lipinski definition) is 9. The number of carboxylic acids is 1. The first-order valence-electron chi connectivity index (χ1n) is 12.8. The second kappa shape index (κ2) is 18.3. The largest absolute Gasteiger partial charge is 0.508 e. The topological polar surface area (TPSA) is 278 Å². The molecule has 0 radical (unpaired) electrons. The summed E-state index contributed by atoms with van der Waals surface area (Å²) in [6, 6.07) is 1.39. The van der Waals surface area contributed by atoms with Crippen LogP contribution in [-0.2, 0) is 30.4 Å². The number of phenols is 1. The van der Waals surface area contributed by atoms with Crippen molar-refractivity contribution >= 4 is 47.3 Å². The van der Waals surface area contributed by atoms with Crippen LogP contribution in [-0.4, -0.2) is 88.5 Å². The zero-order valence-electron chi connectivity index (χ0n) is 22.9. The summed E-state index contributed by atoms with van der Waals surface area (Å²) in [4.78, 5) is 65.9. The molecule has 13 N–H and O–H groups in total. The van der Waals surface area contributed by atoms with Crippen molar-refractivity contribution in [2.45, 2.75) is 62.7 Å². The molecule has 4 atom stereocenters. The van der Waals surface area contributed by atoms with Crippen LogP contribution in [0.4, 0.5) is 0 Å². The van der Waals surface area contributed by atoms with Crippen LogP contribution >= 0.6 is 11.8 Å². The first kappa shape index (κ1) is 35.0. The highest BCUT2D eigenvalue weighted by molar-refractivity contribution is 7.98. The van der Waals surface area contributed by atoms with Gasteiger partial charge in [0.15, 0.2) is 5.96 Å². The molecule has 228 valence electrons. The summed E-state index contributed by atoms with van der Waals surface area (Å²) >= 11 is 1.41. The number of benzene rings is 1. The lowest BCUT2D eigenvalue weighted by Gasteiger charge is -2.25. The van der Waals surface area contributed by atoms with Gasteiger partial charge in [-0.25, -0.2) is 4.79 Å². The third-order valence-corrected chi connectivity index (χ3v) is 6.49. The summed E-state index contributed by atoms with van der Waals surface area (Å²) < 4.78 is 0. The summed E-state index contributed by atoms with van der Waals surface area (Å²) in [5, 5.41) is 26.5. The van der Waals surface area contributed by atoms with E-state index in [2.05, 4.69) is 20.9 Å². The quantitative estimate of drug-likeness (QED) is 0.0472. The van der Waals surface area contributed by atoms with Gasteiger partial charge >= 0.3 is 5.97 Å². The molecule has 0 spiro atoms. The Kier molecular flexibility index (Phi) is 15.6. The number of hydrogen-bond donors (Lipinski definition) is 9. The highest BCUT2D eigenvalue weighted by Crippen LogP contribution is 2.11. The van der Waals surface area contributed by atoms with Gasteiger partial charge in [-0.05, 0) is 61.8 Å². The number of carboxylic acid groups (broad SMARTS) is 1. The molecule has 1 aromatic carbocycles. The molecule has 1 aromatic rings. The maximum absolute atomic E-state index is 13.2. The number of rotatable bonds is 19. The first-order chi connectivity index (χ1) is 19.3. The van der Waals surface area contributed by atoms with Crippen molar-refractivity contribution in [3.05, 3.63) is 29.8 Å². The van der Waals surface area contributed by atoms with E-state index in [9.17, 15) is 34.2 Å². The number of carbonyl (C=O) groups is 5. The summed E-state index contributed by atoms with van der Waals surface area (Å²) in [5.41, 5.74) is 22.4. The minimum Gasteiger partial charge on any atom is -0.508 e. The van der Waals surface area contributed by atoms with Gasteiger partial charge in [0.2, 0.25) is 23.6 Å². The van der Waals surface area contributed by atoms with Crippen LogP contribution in [0.2, 0.25) is 0 Å². The molecule has 1 rings (SSSR count). The van der Waals surface area contributed by atoms with Gasteiger partial charge in [0.05, 0.1) is 6.04 Å². The number of nitrogens with two attached hydrogens (primary N) is 4. The molecule has 4 unspecified atom stereocenters. The molecular weight excluding hydrogens is 556 g/mol. The highest BCUT2D eigenvalue weighted by atomic mass is 32.2. The molecule has 0 aliphatic carbocycles. The van der Waals surface area contributed by atoms with Crippen LogP contribution in [0.5, 0.6) is 5.75 Å². The standard InChI is InChI=1S/C25H40N8O7S/c1-41-12-10-18(23(38)33-19(24(39)40)3-2-11-30-25(28)29)32-22(37)17(8-9-20(27)35)31-21(36)16(26)13-14-4-6-15(34)7-5-14/h4-7,16-19,34H,2-3,8-13,26H2,1H3,(H2,27,35)(H,31,36)(H,32,37)(H,33,38)(H,39,40)(H4,28,29,30). The Balaban J connectivity index is 2.96. The maximum atomic E-state index is 13.2. The van der Waals surface area contributed by atoms with Gasteiger partial charge in [0, 0.05) is 13.0 Å². The van der Waals surface area contributed by atoms with Crippen molar-refractivity contribution in [2.24, 2.45) is 27.9 Å². The second-order valence-corrected chi connectivity index (χ2v) is 10.2. The van der Waals surface area contributed by atoms with Crippen molar-refractivity contribution in [2.75, 3.05) is 18.6 Å². The maximum Gasteiger partial charge on any atom is 0.326 e. The van der Waals surface area contributed by atoms with Gasteiger partial charge in [-0.3, -0.25) is 24.2 Å². The second-order valence-electron chi connectivity index (χ2n) is 9.23. The first-order valence-corrected chi connectivity index (χ1v) is 14.2. The zero-order valence-corrected chi connectivity index (χ0v) is 23.7. The molecule has 0 saturated heterocycles. The Morgan fingerprint density at radius 2 is 1.44 bits per heavy atom. The van der Waals surface area contributed by atoms with E-state index in [0.29, 0.717) is 11.3 Å². The fourth-order valence-corrected chi connectivity index (χ4v) is 4.09. The fraction of sp³-hybridized carbons (Fsp3) is 0.520. The monoisotopic (exact) mass is 596 g/mol. The number of aromatic hydroxyl groups is 1. The third kappa shape index (κ3) is 14.2. The summed E-state index contributed by atoms with van der Waals surface area (Å²) in [7, 11) is 0. The van der Waals surface area contributed by atoms with E-state index in [1.807, 2.05) is 0 Å². The van der Waals surface area contributed by atoms with Crippen LogP contribution in [0.3, 0.4) is 0 Å². The fourth-order valence-electron chi connectivity index (χ4n) is 3.62. The Morgan fingerprint density at radius 3 is 1.98 bits per heavy atom. The molecule has 0 heterocycles. The molecule has 16 heteroatoms. The Bertz CT molecular complexity index is 1070. The summed E-state index contributed by atoms with van der Waals surface area (Å²) in [6.45, 7) is 0.171. The molecule has 0 bridgehead atoms. The molecule has 15 nitrogen and oxygen atoms in total. The van der Waals surface area contributed by atoms with Gasteiger partial charge in [0.25, 0.3) is 0 Å². The molecule has 0 fully saturated rings. The van der Waals surface area contributed by atoms with Crippen molar-refractivity contribution in [1.82, 2.24) is 16.0 Å². The van der Waals surface area contributed by atoms with Crippen LogP contribution in [0.1, 0.15) is 37.7 Å². The van der Waals surface area contributed by atoms with E-state index >= 15 is 0 Å². The minimum absolute atomic E-state index is 0.0389. The molecule has 0 aliphatic rings. The molecule has 0 aromatic heterocycles. The number of thioether (sulfide) groups is 1. The number of carbonyl (C=O) groups excluding carboxylic acids is 4. The van der Waals surface area contributed by atoms with E-state index in [1.165, 1.54) is 23.9 Å². The lowest BCUT2D eigenvalue weighted by atomic mass is 10.0. The molecule has 0 saturated carbocycles. The predicted molar refractivity (Wildman–Crippen MR) is 155 cm³/mol. The van der Waals surface area contributed by atoms with Gasteiger partial charge in [-0.15, -0.1) is 0 Å². The van der Waals surface area contributed by atoms with Crippen molar-refractivity contribution in [1.29, 1.82) is 0 Å². The van der Waals surface area contributed by atoms with E-state index in [-0.39, 0.29) is 56.8 Å². The number of amides is 4. The average Bonchev–Trinajstić information content (AvgIpc) is 2.90. The number of phenolic OH excluding ortho intramolecular Hbond substituents is 1. The van der Waals surface area contributed by atoms with E-state index in [0.717, 1.165) is 0 Å².